The van der Waals surface area contributed by atoms with E-state index >= 15 is 0 Å². The van der Waals surface area contributed by atoms with Gasteiger partial charge in [-0.2, -0.15) is 0 Å². The lowest BCUT2D eigenvalue weighted by atomic mass is 10.3. The number of thioether (sulfide) groups is 1. The van der Waals surface area contributed by atoms with E-state index < -0.39 is 0 Å². The van der Waals surface area contributed by atoms with Gasteiger partial charge in [-0.1, -0.05) is 42.1 Å². The summed E-state index contributed by atoms with van der Waals surface area (Å²) in [5, 5.41) is 1.78. The molecule has 29 heavy (non-hydrogen) atoms. The number of imidazole rings is 1. The van der Waals surface area contributed by atoms with Gasteiger partial charge in [-0.3, -0.25) is 4.79 Å². The molecule has 4 rings (SSSR count). The lowest BCUT2D eigenvalue weighted by Crippen LogP contribution is -2.31. The molecule has 0 saturated carbocycles. The number of rotatable bonds is 7. The number of fused-ring (bicyclic) bond motifs is 2. The number of carbonyl (C=O) groups excluding carboxylic acids is 1. The largest absolute Gasteiger partial charge is 0.336 e. The Morgan fingerprint density at radius 2 is 1.93 bits per heavy atom. The topological polar surface area (TPSA) is 51.0 Å². The fourth-order valence-corrected chi connectivity index (χ4v) is 5.16. The number of amides is 1. The van der Waals surface area contributed by atoms with Crippen LogP contribution in [0.2, 0.25) is 0 Å². The van der Waals surface area contributed by atoms with Crippen LogP contribution in [-0.2, 0) is 11.3 Å². The fourth-order valence-electron chi connectivity index (χ4n) is 3.15. The second-order valence-electron chi connectivity index (χ2n) is 6.77. The highest BCUT2D eigenvalue weighted by molar-refractivity contribution is 7.99. The van der Waals surface area contributed by atoms with Gasteiger partial charge in [0.2, 0.25) is 5.91 Å². The van der Waals surface area contributed by atoms with Crippen LogP contribution < -0.4 is 0 Å². The van der Waals surface area contributed by atoms with Crippen LogP contribution >= 0.6 is 23.1 Å². The summed E-state index contributed by atoms with van der Waals surface area (Å²) in [6.07, 6.45) is 1.85. The Kier molecular flexibility index (Phi) is 5.69. The van der Waals surface area contributed by atoms with Crippen LogP contribution in [0.1, 0.15) is 18.0 Å². The van der Waals surface area contributed by atoms with E-state index in [4.69, 9.17) is 9.97 Å². The zero-order valence-electron chi connectivity index (χ0n) is 16.4. The Hall–Kier alpha value is -2.64. The molecule has 2 aromatic carbocycles. The van der Waals surface area contributed by atoms with Crippen molar-refractivity contribution >= 4 is 50.3 Å². The fraction of sp³-hybridized carbons (Fsp3) is 0.227. The maximum absolute atomic E-state index is 12.9. The van der Waals surface area contributed by atoms with Gasteiger partial charge in [0.05, 0.1) is 33.0 Å². The molecular weight excluding hydrogens is 400 g/mol. The van der Waals surface area contributed by atoms with Gasteiger partial charge in [0.25, 0.3) is 0 Å². The molecule has 0 aliphatic rings. The summed E-state index contributed by atoms with van der Waals surface area (Å²) in [4.78, 5) is 24.0. The summed E-state index contributed by atoms with van der Waals surface area (Å²) in [7, 11) is 1.84. The predicted octanol–water partition coefficient (Wildman–Crippen LogP) is 5.14. The van der Waals surface area contributed by atoms with E-state index in [9.17, 15) is 4.79 Å². The molecule has 148 valence electrons. The van der Waals surface area contributed by atoms with Crippen molar-refractivity contribution in [1.29, 1.82) is 0 Å². The van der Waals surface area contributed by atoms with Gasteiger partial charge < -0.3 is 9.47 Å². The normalized spacial score (nSPS) is 12.3. The quantitative estimate of drug-likeness (QED) is 0.305. The molecule has 0 spiro atoms. The molecule has 0 aliphatic heterocycles. The van der Waals surface area contributed by atoms with Gasteiger partial charge >= 0.3 is 0 Å². The van der Waals surface area contributed by atoms with Crippen LogP contribution in [0.4, 0.5) is 0 Å². The van der Waals surface area contributed by atoms with Crippen LogP contribution in [0.3, 0.4) is 0 Å². The average Bonchev–Trinajstić information content (AvgIpc) is 3.33. The highest BCUT2D eigenvalue weighted by Crippen LogP contribution is 2.30. The van der Waals surface area contributed by atoms with Gasteiger partial charge in [0.1, 0.15) is 5.01 Å². The van der Waals surface area contributed by atoms with E-state index in [0.29, 0.717) is 12.3 Å². The molecule has 0 unspecified atom stereocenters. The summed E-state index contributed by atoms with van der Waals surface area (Å²) >= 11 is 3.10. The van der Waals surface area contributed by atoms with Crippen molar-refractivity contribution < 1.29 is 4.79 Å². The van der Waals surface area contributed by atoms with Gasteiger partial charge in [-0.05, 0) is 31.2 Å². The van der Waals surface area contributed by atoms with E-state index in [-0.39, 0.29) is 11.9 Å². The van der Waals surface area contributed by atoms with Gasteiger partial charge in [-0.15, -0.1) is 17.9 Å². The first-order chi connectivity index (χ1) is 14.1. The summed E-state index contributed by atoms with van der Waals surface area (Å²) in [6, 6.07) is 16.0. The monoisotopic (exact) mass is 422 g/mol. The summed E-state index contributed by atoms with van der Waals surface area (Å²) in [6.45, 7) is 6.53. The average molecular weight is 423 g/mol. The second-order valence-corrected chi connectivity index (χ2v) is 8.78. The van der Waals surface area contributed by atoms with E-state index in [1.54, 1.807) is 16.2 Å². The first-order valence-electron chi connectivity index (χ1n) is 9.38. The number of para-hydroxylation sites is 3. The Bertz CT molecular complexity index is 1150. The lowest BCUT2D eigenvalue weighted by Gasteiger charge is -2.23. The van der Waals surface area contributed by atoms with Crippen molar-refractivity contribution in [1.82, 2.24) is 19.4 Å². The third-order valence-corrected chi connectivity index (χ3v) is 7.07. The van der Waals surface area contributed by atoms with Gasteiger partial charge in [0, 0.05) is 13.6 Å². The first kappa shape index (κ1) is 19.7. The highest BCUT2D eigenvalue weighted by Gasteiger charge is 2.21. The van der Waals surface area contributed by atoms with Crippen LogP contribution in [0.25, 0.3) is 21.3 Å². The van der Waals surface area contributed by atoms with E-state index in [2.05, 4.69) is 17.2 Å². The number of carbonyl (C=O) groups is 1. The van der Waals surface area contributed by atoms with Crippen LogP contribution in [-0.4, -0.2) is 38.1 Å². The molecule has 0 N–H and O–H groups in total. The Balaban J connectivity index is 1.48. The third kappa shape index (κ3) is 3.93. The number of hydrogen-bond acceptors (Lipinski definition) is 5. The maximum Gasteiger partial charge on any atom is 0.233 e. The molecule has 0 bridgehead atoms. The number of benzene rings is 2. The number of aromatic nitrogens is 3. The number of allylic oxidation sites excluding steroid dienone is 1. The minimum atomic E-state index is -0.0764. The van der Waals surface area contributed by atoms with E-state index in [0.717, 1.165) is 31.4 Å². The van der Waals surface area contributed by atoms with Crippen molar-refractivity contribution in [3.63, 3.8) is 0 Å². The van der Waals surface area contributed by atoms with Crippen molar-refractivity contribution in [2.45, 2.75) is 24.7 Å². The smallest absolute Gasteiger partial charge is 0.233 e. The van der Waals surface area contributed by atoms with Gasteiger partial charge in [-0.25, -0.2) is 9.97 Å². The third-order valence-electron chi connectivity index (χ3n) is 4.90. The minimum absolute atomic E-state index is 0.0546. The molecule has 0 radical (unpaired) electrons. The van der Waals surface area contributed by atoms with Crippen LogP contribution in [0.5, 0.6) is 0 Å². The highest BCUT2D eigenvalue weighted by atomic mass is 32.2. The molecule has 2 aromatic heterocycles. The number of hydrogen-bond donors (Lipinski definition) is 0. The molecule has 7 heteroatoms. The number of thiazole rings is 1. The lowest BCUT2D eigenvalue weighted by molar-refractivity contribution is -0.128. The zero-order chi connectivity index (χ0) is 20.4. The molecular formula is C22H22N4OS2. The maximum atomic E-state index is 12.9. The summed E-state index contributed by atoms with van der Waals surface area (Å²) in [5.41, 5.74) is 2.96. The first-order valence-corrected chi connectivity index (χ1v) is 11.2. The van der Waals surface area contributed by atoms with Crippen molar-refractivity contribution in [3.05, 3.63) is 66.2 Å². The molecule has 1 atom stereocenters. The summed E-state index contributed by atoms with van der Waals surface area (Å²) in [5.74, 6) is 0.380. The summed E-state index contributed by atoms with van der Waals surface area (Å²) < 4.78 is 3.24. The van der Waals surface area contributed by atoms with Gasteiger partial charge in [0.15, 0.2) is 5.16 Å². The van der Waals surface area contributed by atoms with Crippen molar-refractivity contribution in [3.8, 4) is 0 Å². The molecule has 2 heterocycles. The molecule has 5 nitrogen and oxygen atoms in total. The second kappa shape index (κ2) is 8.39. The predicted molar refractivity (Wildman–Crippen MR) is 121 cm³/mol. The standard InChI is InChI=1S/C22H22N4OS2/c1-4-13-26-18-11-7-5-9-16(18)24-22(26)28-14-20(27)25(3)15(2)21-23-17-10-6-8-12-19(17)29-21/h4-12,15H,1,13-14H2,2-3H3/t15-/m0/s1. The molecule has 0 saturated heterocycles. The molecule has 0 fully saturated rings. The molecule has 4 aromatic rings. The van der Waals surface area contributed by atoms with Crippen molar-refractivity contribution in [2.75, 3.05) is 12.8 Å². The van der Waals surface area contributed by atoms with Crippen molar-refractivity contribution in [2.24, 2.45) is 0 Å². The Morgan fingerprint density at radius 3 is 2.69 bits per heavy atom. The molecule has 0 aliphatic carbocycles. The Labute approximate surface area is 178 Å². The SMILES string of the molecule is C=CCn1c(SCC(=O)N(C)[C@@H](C)c2nc3ccccc3s2)nc2ccccc21. The zero-order valence-corrected chi connectivity index (χ0v) is 18.0. The van der Waals surface area contributed by atoms with Crippen LogP contribution in [0, 0.1) is 0 Å². The van der Waals surface area contributed by atoms with Crippen LogP contribution in [0.15, 0.2) is 66.3 Å². The van der Waals surface area contributed by atoms with E-state index in [1.807, 2.05) is 62.5 Å². The van der Waals surface area contributed by atoms with E-state index in [1.165, 1.54) is 11.8 Å². The minimum Gasteiger partial charge on any atom is -0.336 e. The number of nitrogens with zero attached hydrogens (tertiary/aromatic N) is 4. The Morgan fingerprint density at radius 1 is 1.21 bits per heavy atom. The molecule has 1 amide bonds.